The molecule has 3 heterocycles. The van der Waals surface area contributed by atoms with E-state index in [1.54, 1.807) is 14.0 Å². The average Bonchev–Trinajstić information content (AvgIpc) is 3.03. The van der Waals surface area contributed by atoms with Gasteiger partial charge in [0.2, 0.25) is 0 Å². The van der Waals surface area contributed by atoms with Crippen molar-refractivity contribution in [3.63, 3.8) is 0 Å². The van der Waals surface area contributed by atoms with Crippen molar-refractivity contribution in [1.82, 2.24) is 4.90 Å². The van der Waals surface area contributed by atoms with Crippen LogP contribution in [0.5, 0.6) is 0 Å². The van der Waals surface area contributed by atoms with E-state index in [4.69, 9.17) is 28.4 Å². The first kappa shape index (κ1) is 44.0. The van der Waals surface area contributed by atoms with Crippen LogP contribution in [0.15, 0.2) is 0 Å². The summed E-state index contributed by atoms with van der Waals surface area (Å²) >= 11 is 2.54. The Morgan fingerprint density at radius 3 is 2.14 bits per heavy atom. The van der Waals surface area contributed by atoms with Gasteiger partial charge in [0, 0.05) is 7.11 Å². The van der Waals surface area contributed by atoms with E-state index in [1.165, 1.54) is 6.92 Å². The van der Waals surface area contributed by atoms with Gasteiger partial charge in [0.1, 0.15) is 0 Å². The molecule has 11 nitrogen and oxygen atoms in total. The summed E-state index contributed by atoms with van der Waals surface area (Å²) in [6.45, 7) is 21.1. The fourth-order valence-electron chi connectivity index (χ4n) is 8.61. The minimum absolute atomic E-state index is 0.0156. The number of nitrogens with zero attached hydrogens (tertiary/aromatic N) is 1. The molecule has 0 aromatic carbocycles. The molecule has 0 amide bonds. The van der Waals surface area contributed by atoms with Crippen molar-refractivity contribution >= 4 is 10.2 Å². The number of esters is 1. The summed E-state index contributed by atoms with van der Waals surface area (Å²) in [7, 11) is 5.80. The second-order valence-electron chi connectivity index (χ2n) is 16.7. The average molecular weight is 751 g/mol. The summed E-state index contributed by atoms with van der Waals surface area (Å²) in [6, 6.07) is 0.197. The van der Waals surface area contributed by atoms with Crippen molar-refractivity contribution in [2.45, 2.75) is 180 Å². The van der Waals surface area contributed by atoms with E-state index < -0.39 is 71.6 Å². The zero-order valence-electron chi connectivity index (χ0n) is 33.2. The molecule has 0 bridgehead atoms. The zero-order chi connectivity index (χ0) is 38.1. The van der Waals surface area contributed by atoms with E-state index in [9.17, 15) is 20.1 Å². The van der Waals surface area contributed by atoms with E-state index >= 15 is 0 Å². The predicted molar refractivity (Wildman–Crippen MR) is 188 cm³/mol. The number of carbonyl (C=O) groups excluding carboxylic acids is 1. The Bertz CT molecular complexity index is 1140. The molecule has 291 valence electrons. The van der Waals surface area contributed by atoms with Crippen LogP contribution in [-0.2, 0) is 50.2 Å². The molecule has 0 radical (unpaired) electrons. The number of hydrogen-bond acceptors (Lipinski definition) is 11. The number of ether oxygens (including phenoxy) is 6. The first-order valence-electron chi connectivity index (χ1n) is 18.7. The van der Waals surface area contributed by atoms with Crippen molar-refractivity contribution in [3.05, 3.63) is 0 Å². The molecule has 0 aromatic heterocycles. The molecular formula is C38H69NO10V. The van der Waals surface area contributed by atoms with Gasteiger partial charge in [-0.25, -0.2) is 0 Å². The van der Waals surface area contributed by atoms with Crippen LogP contribution in [0.25, 0.3) is 0 Å². The van der Waals surface area contributed by atoms with Crippen molar-refractivity contribution in [3.8, 4) is 0 Å². The van der Waals surface area contributed by atoms with Crippen LogP contribution >= 0.6 is 0 Å². The van der Waals surface area contributed by atoms with Gasteiger partial charge in [0.15, 0.2) is 0 Å². The number of cyclic esters (lactones) is 1. The maximum atomic E-state index is 13.9. The molecule has 0 saturated carbocycles. The fourth-order valence-corrected chi connectivity index (χ4v) is 8.98. The monoisotopic (exact) mass is 750 g/mol. The molecule has 3 saturated heterocycles. The Labute approximate surface area is 310 Å². The van der Waals surface area contributed by atoms with Gasteiger partial charge in [-0.05, 0) is 0 Å². The molecular weight excluding hydrogens is 681 g/mol. The number of methoxy groups -OCH3 is 1. The van der Waals surface area contributed by atoms with Gasteiger partial charge in [-0.3, -0.25) is 0 Å². The number of aliphatic hydroxyl groups excluding tert-OH is 1. The standard InChI is InChI=1S/C38H69NO10.V/c1-15-30-38(11,43)33(41)22(3)16-21(2)19-36(9,42)34(49-35-24(5)28(39(12)13)17-23(4)45-35)25(6)29(18-31(40)48-30)47-32-20-37(10,44-14)26(7)27(8)46-32;/h21-30,32-35,41-43H,15,17-20H2,1-14H3;/t21-,22-,23+,24+,25-,26?,27-,28-,29+,30+,32-,33+,34+,35-,36-,37+,38+;/m0./s1. The van der Waals surface area contributed by atoms with Crippen molar-refractivity contribution in [2.24, 2.45) is 29.6 Å². The normalized spacial score (nSPS) is 49.0. The Morgan fingerprint density at radius 1 is 0.960 bits per heavy atom. The maximum absolute atomic E-state index is 13.9. The van der Waals surface area contributed by atoms with Crippen molar-refractivity contribution < 1.29 is 65.5 Å². The van der Waals surface area contributed by atoms with Gasteiger partial charge in [-0.2, -0.15) is 0 Å². The van der Waals surface area contributed by atoms with Gasteiger partial charge in [0.25, 0.3) is 0 Å². The molecule has 3 aliphatic rings. The molecule has 0 spiro atoms. The van der Waals surface area contributed by atoms with Crippen LogP contribution in [0.1, 0.15) is 108 Å². The van der Waals surface area contributed by atoms with Crippen LogP contribution in [0.4, 0.5) is 0 Å². The molecule has 1 unspecified atom stereocenters. The summed E-state index contributed by atoms with van der Waals surface area (Å²) in [5.41, 5.74) is -3.70. The van der Waals surface area contributed by atoms with Gasteiger partial charge >= 0.3 is 298 Å². The molecule has 0 aromatic rings. The molecule has 3 aliphatic heterocycles. The minimum atomic E-state index is -1.73. The third-order valence-electron chi connectivity index (χ3n) is 12.4. The quantitative estimate of drug-likeness (QED) is 0.323. The third kappa shape index (κ3) is 9.80. The van der Waals surface area contributed by atoms with E-state index in [-0.39, 0.29) is 48.8 Å². The molecule has 3 N–H and O–H groups in total. The van der Waals surface area contributed by atoms with Crippen LogP contribution < -0.4 is 0 Å². The predicted octanol–water partition coefficient (Wildman–Crippen LogP) is 4.24. The molecule has 3 fully saturated rings. The van der Waals surface area contributed by atoms with Crippen molar-refractivity contribution in [2.75, 3.05) is 21.2 Å². The van der Waals surface area contributed by atoms with Gasteiger partial charge in [-0.15, -0.1) is 0 Å². The number of carbonyl (C=O) groups is 1. The summed E-state index contributed by atoms with van der Waals surface area (Å²) < 4.78 is 39.3. The topological polar surface area (TPSA) is 136 Å². The summed E-state index contributed by atoms with van der Waals surface area (Å²) in [5, 5.41) is 35.7. The van der Waals surface area contributed by atoms with Gasteiger partial charge in [0.05, 0.1) is 0 Å². The molecule has 17 atom stereocenters. The molecule has 3 rings (SSSR count). The SMILES string of the molecule is CC[C@H]1OC(=O)C[C@@H](O[C@H]2C[C@@](C)(OC)C(C)[C@H](C)O2)[C@H](C)[C@@H](O[C@@H]2O[C@H](C)C[C@H](N(C)C)[C@H]2C)[C@@](C)(O)C[C@@H](C)[C](=[V])[C@H](C)[C@@H](O)[C@]1(C)O. The first-order valence-corrected chi connectivity index (χ1v) is 19.4. The Kier molecular flexibility index (Phi) is 15.3. The van der Waals surface area contributed by atoms with E-state index in [0.29, 0.717) is 12.8 Å². The Morgan fingerprint density at radius 2 is 1.58 bits per heavy atom. The molecule has 0 aliphatic carbocycles. The Hall–Kier alpha value is -0.436. The fraction of sp³-hybridized carbons (Fsp3) is 0.947. The van der Waals surface area contributed by atoms with Gasteiger partial charge in [-0.1, -0.05) is 6.92 Å². The number of hydrogen-bond donors (Lipinski definition) is 3. The van der Waals surface area contributed by atoms with E-state index in [0.717, 1.165) is 10.6 Å². The van der Waals surface area contributed by atoms with Crippen LogP contribution in [0, 0.1) is 29.6 Å². The van der Waals surface area contributed by atoms with Crippen molar-refractivity contribution in [1.29, 1.82) is 0 Å². The summed E-state index contributed by atoms with van der Waals surface area (Å²) in [5.74, 6) is -1.75. The van der Waals surface area contributed by atoms with Gasteiger partial charge < -0.3 is 0 Å². The zero-order valence-corrected chi connectivity index (χ0v) is 34.6. The third-order valence-corrected chi connectivity index (χ3v) is 13.7. The van der Waals surface area contributed by atoms with Crippen LogP contribution in [-0.4, -0.2) is 124 Å². The summed E-state index contributed by atoms with van der Waals surface area (Å²) in [4.78, 5) is 16.1. The number of rotatable bonds is 7. The second-order valence-corrected chi connectivity index (χ2v) is 17.6. The second kappa shape index (κ2) is 17.4. The van der Waals surface area contributed by atoms with E-state index in [2.05, 4.69) is 49.8 Å². The Balaban J connectivity index is 2.13. The molecule has 50 heavy (non-hydrogen) atoms. The molecule has 12 heteroatoms. The first-order chi connectivity index (χ1) is 23.0. The van der Waals surface area contributed by atoms with Crippen LogP contribution in [0.3, 0.4) is 0 Å². The van der Waals surface area contributed by atoms with Crippen LogP contribution in [0.2, 0.25) is 0 Å². The number of aliphatic hydroxyl groups is 3. The summed E-state index contributed by atoms with van der Waals surface area (Å²) in [6.07, 6.45) is -3.80. The van der Waals surface area contributed by atoms with E-state index in [1.807, 2.05) is 48.5 Å².